The fourth-order valence-electron chi connectivity index (χ4n) is 3.09. The Hall–Kier alpha value is -4.26. The molecule has 0 spiro atoms. The molecule has 4 aromatic rings. The highest BCUT2D eigenvalue weighted by molar-refractivity contribution is 6.01. The zero-order valence-electron chi connectivity index (χ0n) is 16.1. The third kappa shape index (κ3) is 3.81. The smallest absolute Gasteiger partial charge is 0.280 e. The summed E-state index contributed by atoms with van der Waals surface area (Å²) in [6.45, 7) is 1.41. The minimum absolute atomic E-state index is 0.200. The maximum atomic E-state index is 13.1. The zero-order valence-corrected chi connectivity index (χ0v) is 16.1. The number of aromatic nitrogens is 2. The van der Waals surface area contributed by atoms with Gasteiger partial charge in [-0.25, -0.2) is 4.98 Å². The number of para-hydroxylation sites is 1. The van der Waals surface area contributed by atoms with Gasteiger partial charge in [-0.05, 0) is 36.4 Å². The summed E-state index contributed by atoms with van der Waals surface area (Å²) < 4.78 is 1.17. The van der Waals surface area contributed by atoms with Gasteiger partial charge in [0.25, 0.3) is 11.5 Å². The summed E-state index contributed by atoms with van der Waals surface area (Å²) in [6, 6.07) is 22.6. The van der Waals surface area contributed by atoms with Gasteiger partial charge in [0.2, 0.25) is 5.91 Å². The van der Waals surface area contributed by atoms with E-state index in [1.54, 1.807) is 42.5 Å². The number of nitrogens with zero attached hydrogens (tertiary/aromatic N) is 2. The van der Waals surface area contributed by atoms with Crippen LogP contribution in [0.2, 0.25) is 0 Å². The quantitative estimate of drug-likeness (QED) is 0.551. The van der Waals surface area contributed by atoms with Crippen LogP contribution >= 0.6 is 0 Å². The van der Waals surface area contributed by atoms with Crippen LogP contribution in [0.3, 0.4) is 0 Å². The van der Waals surface area contributed by atoms with Gasteiger partial charge in [-0.3, -0.25) is 19.8 Å². The first-order valence-electron chi connectivity index (χ1n) is 9.29. The van der Waals surface area contributed by atoms with Crippen LogP contribution in [0, 0.1) is 0 Å². The first-order chi connectivity index (χ1) is 14.5. The van der Waals surface area contributed by atoms with E-state index in [1.807, 2.05) is 36.4 Å². The summed E-state index contributed by atoms with van der Waals surface area (Å²) in [5.41, 5.74) is 4.45. The molecule has 0 fully saturated rings. The van der Waals surface area contributed by atoms with Crippen LogP contribution < -0.4 is 16.3 Å². The number of rotatable bonds is 4. The summed E-state index contributed by atoms with van der Waals surface area (Å²) in [5, 5.41) is 3.05. The van der Waals surface area contributed by atoms with Gasteiger partial charge in [0.05, 0.1) is 10.9 Å². The number of nitrogens with one attached hydrogen (secondary N) is 2. The molecule has 148 valence electrons. The van der Waals surface area contributed by atoms with Crippen molar-refractivity contribution in [1.82, 2.24) is 9.66 Å². The van der Waals surface area contributed by atoms with Crippen molar-refractivity contribution in [3.05, 3.63) is 94.8 Å². The summed E-state index contributed by atoms with van der Waals surface area (Å²) in [4.78, 5) is 41.7. The molecule has 7 heteroatoms. The van der Waals surface area contributed by atoms with Crippen LogP contribution in [0.15, 0.2) is 83.7 Å². The Balaban J connectivity index is 1.76. The Morgan fingerprint density at radius 1 is 0.867 bits per heavy atom. The molecule has 0 saturated carbocycles. The van der Waals surface area contributed by atoms with E-state index in [0.717, 1.165) is 0 Å². The molecule has 0 aliphatic rings. The van der Waals surface area contributed by atoms with Gasteiger partial charge in [-0.2, -0.15) is 4.68 Å². The van der Waals surface area contributed by atoms with Crippen LogP contribution in [0.25, 0.3) is 22.3 Å². The van der Waals surface area contributed by atoms with E-state index in [-0.39, 0.29) is 11.5 Å². The molecular formula is C23H18N4O3. The molecule has 4 rings (SSSR count). The lowest BCUT2D eigenvalue weighted by Crippen LogP contribution is -2.35. The number of hydrogen-bond donors (Lipinski definition) is 2. The lowest BCUT2D eigenvalue weighted by molar-refractivity contribution is -0.114. The average Bonchev–Trinajstić information content (AvgIpc) is 2.76. The molecule has 7 nitrogen and oxygen atoms in total. The van der Waals surface area contributed by atoms with Gasteiger partial charge >= 0.3 is 0 Å². The summed E-state index contributed by atoms with van der Waals surface area (Å²) in [6.07, 6.45) is 0. The second kappa shape index (κ2) is 8.00. The lowest BCUT2D eigenvalue weighted by Gasteiger charge is -2.15. The van der Waals surface area contributed by atoms with Crippen LogP contribution in [-0.4, -0.2) is 21.5 Å². The number of carbonyl (C=O) groups is 2. The molecule has 0 unspecified atom stereocenters. The minimum Gasteiger partial charge on any atom is -0.326 e. The lowest BCUT2D eigenvalue weighted by atomic mass is 10.2. The number of carbonyl (C=O) groups excluding carboxylic acids is 2. The van der Waals surface area contributed by atoms with Crippen LogP contribution in [0.5, 0.6) is 0 Å². The van der Waals surface area contributed by atoms with E-state index < -0.39 is 5.91 Å². The van der Waals surface area contributed by atoms with Gasteiger partial charge < -0.3 is 5.32 Å². The van der Waals surface area contributed by atoms with Crippen LogP contribution in [0.1, 0.15) is 17.3 Å². The molecule has 0 saturated heterocycles. The number of benzene rings is 3. The van der Waals surface area contributed by atoms with Crippen LogP contribution in [-0.2, 0) is 4.79 Å². The van der Waals surface area contributed by atoms with Crippen molar-refractivity contribution in [3.63, 3.8) is 0 Å². The Morgan fingerprint density at radius 3 is 2.23 bits per heavy atom. The molecule has 1 aromatic heterocycles. The van der Waals surface area contributed by atoms with Crippen molar-refractivity contribution in [2.45, 2.75) is 6.92 Å². The van der Waals surface area contributed by atoms with Crippen molar-refractivity contribution >= 4 is 28.4 Å². The topological polar surface area (TPSA) is 93.1 Å². The number of fused-ring (bicyclic) bond motifs is 1. The predicted octanol–water partition coefficient (Wildman–Crippen LogP) is 3.41. The molecule has 2 N–H and O–H groups in total. The fourth-order valence-corrected chi connectivity index (χ4v) is 3.09. The maximum absolute atomic E-state index is 13.1. The number of amides is 2. The molecule has 0 aliphatic carbocycles. The molecule has 30 heavy (non-hydrogen) atoms. The van der Waals surface area contributed by atoms with E-state index in [0.29, 0.717) is 33.5 Å². The SMILES string of the molecule is CC(=O)Nc1ccc(C(=O)Nn2c(-c3ccccc3)nc3ccccc3c2=O)cc1. The average molecular weight is 398 g/mol. The van der Waals surface area contributed by atoms with E-state index in [2.05, 4.69) is 15.7 Å². The highest BCUT2D eigenvalue weighted by atomic mass is 16.2. The fraction of sp³-hybridized carbons (Fsp3) is 0.0435. The third-order valence-corrected chi connectivity index (χ3v) is 4.49. The molecule has 0 bridgehead atoms. The van der Waals surface area contributed by atoms with Crippen molar-refractivity contribution in [3.8, 4) is 11.4 Å². The number of hydrogen-bond acceptors (Lipinski definition) is 4. The molecule has 3 aromatic carbocycles. The van der Waals surface area contributed by atoms with E-state index in [4.69, 9.17) is 0 Å². The van der Waals surface area contributed by atoms with Gasteiger partial charge in [0.15, 0.2) is 5.82 Å². The Kier molecular flexibility index (Phi) is 5.09. The highest BCUT2D eigenvalue weighted by Gasteiger charge is 2.15. The standard InChI is InChI=1S/C23H18N4O3/c1-15(28)24-18-13-11-17(12-14-18)22(29)26-27-21(16-7-3-2-4-8-16)25-20-10-6-5-9-19(20)23(27)30/h2-14H,1H3,(H,24,28)(H,26,29). The zero-order chi connectivity index (χ0) is 21.1. The van der Waals surface area contributed by atoms with Gasteiger partial charge in [0.1, 0.15) is 0 Å². The second-order valence-corrected chi connectivity index (χ2v) is 6.66. The van der Waals surface area contributed by atoms with Crippen molar-refractivity contribution in [2.24, 2.45) is 0 Å². The molecular weight excluding hydrogens is 380 g/mol. The normalized spacial score (nSPS) is 10.6. The third-order valence-electron chi connectivity index (χ3n) is 4.49. The second-order valence-electron chi connectivity index (χ2n) is 6.66. The Labute approximate surface area is 172 Å². The number of anilines is 1. The first-order valence-corrected chi connectivity index (χ1v) is 9.29. The highest BCUT2D eigenvalue weighted by Crippen LogP contribution is 2.18. The van der Waals surface area contributed by atoms with Crippen molar-refractivity contribution < 1.29 is 9.59 Å². The largest absolute Gasteiger partial charge is 0.326 e. The van der Waals surface area contributed by atoms with Crippen molar-refractivity contribution in [1.29, 1.82) is 0 Å². The summed E-state index contributed by atoms with van der Waals surface area (Å²) >= 11 is 0. The minimum atomic E-state index is -0.472. The summed E-state index contributed by atoms with van der Waals surface area (Å²) in [7, 11) is 0. The molecule has 0 radical (unpaired) electrons. The van der Waals surface area contributed by atoms with E-state index in [9.17, 15) is 14.4 Å². The van der Waals surface area contributed by atoms with Crippen LogP contribution in [0.4, 0.5) is 5.69 Å². The molecule has 0 atom stereocenters. The summed E-state index contributed by atoms with van der Waals surface area (Å²) in [5.74, 6) is -0.336. The van der Waals surface area contributed by atoms with Gasteiger partial charge in [-0.15, -0.1) is 0 Å². The Bertz CT molecular complexity index is 1300. The molecule has 1 heterocycles. The monoisotopic (exact) mass is 398 g/mol. The Morgan fingerprint density at radius 2 is 1.53 bits per heavy atom. The maximum Gasteiger partial charge on any atom is 0.280 e. The molecule has 0 aliphatic heterocycles. The predicted molar refractivity (Wildman–Crippen MR) is 116 cm³/mol. The van der Waals surface area contributed by atoms with Gasteiger partial charge in [-0.1, -0.05) is 42.5 Å². The molecule has 2 amide bonds. The van der Waals surface area contributed by atoms with Gasteiger partial charge in [0, 0.05) is 23.7 Å². The first kappa shape index (κ1) is 19.1. The van der Waals surface area contributed by atoms with E-state index in [1.165, 1.54) is 11.6 Å². The van der Waals surface area contributed by atoms with Crippen molar-refractivity contribution in [2.75, 3.05) is 10.7 Å². The van der Waals surface area contributed by atoms with E-state index >= 15 is 0 Å².